The van der Waals surface area contributed by atoms with Gasteiger partial charge in [0.15, 0.2) is 0 Å². The predicted molar refractivity (Wildman–Crippen MR) is 75.2 cm³/mol. The summed E-state index contributed by atoms with van der Waals surface area (Å²) >= 11 is 0. The van der Waals surface area contributed by atoms with Crippen LogP contribution in [-0.2, 0) is 9.47 Å². The van der Waals surface area contributed by atoms with Gasteiger partial charge in [-0.05, 0) is 25.0 Å². The molecule has 0 radical (unpaired) electrons. The first kappa shape index (κ1) is 16.9. The third-order valence-electron chi connectivity index (χ3n) is 2.13. The third-order valence-corrected chi connectivity index (χ3v) is 2.13. The molecule has 0 aliphatic heterocycles. The highest BCUT2D eigenvalue weighted by Crippen LogP contribution is 2.08. The lowest BCUT2D eigenvalue weighted by Gasteiger charge is -2.06. The first-order chi connectivity index (χ1) is 8.93. The summed E-state index contributed by atoms with van der Waals surface area (Å²) < 4.78 is 15.8. The van der Waals surface area contributed by atoms with Crippen LogP contribution in [0.25, 0.3) is 0 Å². The molecule has 0 aromatic heterocycles. The first-order valence-electron chi connectivity index (χ1n) is 6.68. The van der Waals surface area contributed by atoms with Gasteiger partial charge in [-0.2, -0.15) is 0 Å². The molecular formula is C15H26O3. The molecular weight excluding hydrogens is 228 g/mol. The highest BCUT2D eigenvalue weighted by molar-refractivity contribution is 5.20. The van der Waals surface area contributed by atoms with Crippen molar-refractivity contribution in [1.29, 1.82) is 0 Å². The summed E-state index contributed by atoms with van der Waals surface area (Å²) in [4.78, 5) is 0. The zero-order valence-corrected chi connectivity index (χ0v) is 11.9. The number of para-hydroxylation sites is 1. The van der Waals surface area contributed by atoms with Crippen LogP contribution in [0.1, 0.15) is 26.7 Å². The molecule has 0 heterocycles. The largest absolute Gasteiger partial charge is 0.494 e. The molecule has 1 rings (SSSR count). The molecule has 0 unspecified atom stereocenters. The second-order valence-corrected chi connectivity index (χ2v) is 3.47. The van der Waals surface area contributed by atoms with Gasteiger partial charge in [-0.25, -0.2) is 0 Å². The maximum atomic E-state index is 5.55. The number of hydrogen-bond acceptors (Lipinski definition) is 3. The highest BCUT2D eigenvalue weighted by Gasteiger charge is 1.92. The van der Waals surface area contributed by atoms with Gasteiger partial charge in [-0.1, -0.05) is 32.0 Å². The lowest BCUT2D eigenvalue weighted by atomic mass is 10.3. The molecule has 1 aromatic carbocycles. The van der Waals surface area contributed by atoms with Gasteiger partial charge in [-0.3, -0.25) is 0 Å². The summed E-state index contributed by atoms with van der Waals surface area (Å²) in [6.07, 6.45) is 2.04. The normalized spacial score (nSPS) is 9.50. The summed E-state index contributed by atoms with van der Waals surface area (Å²) in [6, 6.07) is 9.87. The van der Waals surface area contributed by atoms with E-state index in [1.54, 1.807) is 7.11 Å². The second kappa shape index (κ2) is 14.0. The summed E-state index contributed by atoms with van der Waals surface area (Å²) in [6.45, 7) is 6.87. The quantitative estimate of drug-likeness (QED) is 0.631. The van der Waals surface area contributed by atoms with Crippen LogP contribution in [0, 0.1) is 0 Å². The Bertz CT molecular complexity index is 249. The van der Waals surface area contributed by atoms with Crippen LogP contribution >= 0.6 is 0 Å². The van der Waals surface area contributed by atoms with Gasteiger partial charge in [0.25, 0.3) is 0 Å². The molecule has 0 fully saturated rings. The van der Waals surface area contributed by atoms with Crippen LogP contribution in [0.4, 0.5) is 0 Å². The molecule has 0 amide bonds. The number of ether oxygens (including phenoxy) is 3. The van der Waals surface area contributed by atoms with E-state index in [1.165, 1.54) is 0 Å². The Morgan fingerprint density at radius 3 is 2.17 bits per heavy atom. The van der Waals surface area contributed by atoms with Gasteiger partial charge in [0.05, 0.1) is 19.8 Å². The Labute approximate surface area is 111 Å². The lowest BCUT2D eigenvalue weighted by molar-refractivity contribution is 0.0674. The van der Waals surface area contributed by atoms with E-state index in [0.29, 0.717) is 13.2 Å². The molecule has 3 heteroatoms. The lowest BCUT2D eigenvalue weighted by Crippen LogP contribution is -2.04. The van der Waals surface area contributed by atoms with Crippen LogP contribution in [-0.4, -0.2) is 33.5 Å². The van der Waals surface area contributed by atoms with Crippen molar-refractivity contribution in [3.8, 4) is 5.75 Å². The van der Waals surface area contributed by atoms with Crippen LogP contribution in [0.3, 0.4) is 0 Å². The van der Waals surface area contributed by atoms with Gasteiger partial charge in [0.1, 0.15) is 5.75 Å². The topological polar surface area (TPSA) is 27.7 Å². The van der Waals surface area contributed by atoms with Crippen molar-refractivity contribution in [3.05, 3.63) is 30.3 Å². The van der Waals surface area contributed by atoms with Crippen LogP contribution in [0.5, 0.6) is 5.75 Å². The Balaban J connectivity index is 0.00000137. The average Bonchev–Trinajstić information content (AvgIpc) is 2.45. The molecule has 18 heavy (non-hydrogen) atoms. The number of rotatable bonds is 9. The van der Waals surface area contributed by atoms with E-state index < -0.39 is 0 Å². The minimum atomic E-state index is 0.667. The fraction of sp³-hybridized carbons (Fsp3) is 0.600. The summed E-state index contributed by atoms with van der Waals surface area (Å²) in [5.74, 6) is 0.933. The minimum Gasteiger partial charge on any atom is -0.494 e. The van der Waals surface area contributed by atoms with Gasteiger partial charge in [0.2, 0.25) is 0 Å². The van der Waals surface area contributed by atoms with E-state index in [1.807, 2.05) is 44.2 Å². The molecule has 0 aliphatic rings. The molecule has 1 aromatic rings. The molecule has 3 nitrogen and oxygen atoms in total. The van der Waals surface area contributed by atoms with Crippen LogP contribution in [0.15, 0.2) is 30.3 Å². The smallest absolute Gasteiger partial charge is 0.119 e. The van der Waals surface area contributed by atoms with Crippen LogP contribution < -0.4 is 4.74 Å². The molecule has 104 valence electrons. The van der Waals surface area contributed by atoms with Crippen molar-refractivity contribution in [3.63, 3.8) is 0 Å². The summed E-state index contributed by atoms with van der Waals surface area (Å²) in [5, 5.41) is 0. The highest BCUT2D eigenvalue weighted by atomic mass is 16.5. The zero-order valence-electron chi connectivity index (χ0n) is 11.9. The third kappa shape index (κ3) is 10.1. The van der Waals surface area contributed by atoms with E-state index in [0.717, 1.165) is 31.8 Å². The maximum absolute atomic E-state index is 5.55. The number of hydrogen-bond donors (Lipinski definition) is 0. The Morgan fingerprint density at radius 1 is 0.833 bits per heavy atom. The number of methoxy groups -OCH3 is 1. The fourth-order valence-electron chi connectivity index (χ4n) is 1.26. The zero-order chi connectivity index (χ0) is 13.5. The Hall–Kier alpha value is -1.06. The molecule has 0 aliphatic carbocycles. The number of benzene rings is 1. The van der Waals surface area contributed by atoms with E-state index in [9.17, 15) is 0 Å². The van der Waals surface area contributed by atoms with E-state index in [-0.39, 0.29) is 0 Å². The Kier molecular flexibility index (Phi) is 13.2. The van der Waals surface area contributed by atoms with Crippen molar-refractivity contribution in [2.75, 3.05) is 33.5 Å². The molecule has 0 bridgehead atoms. The van der Waals surface area contributed by atoms with E-state index >= 15 is 0 Å². The summed E-state index contributed by atoms with van der Waals surface area (Å²) in [5.41, 5.74) is 0. The van der Waals surface area contributed by atoms with Crippen molar-refractivity contribution >= 4 is 0 Å². The van der Waals surface area contributed by atoms with Crippen molar-refractivity contribution in [1.82, 2.24) is 0 Å². The molecule has 0 spiro atoms. The SMILES string of the molecule is CC.COCCOCCCCOc1ccccc1. The molecule has 0 N–H and O–H groups in total. The van der Waals surface area contributed by atoms with Gasteiger partial charge >= 0.3 is 0 Å². The van der Waals surface area contributed by atoms with Gasteiger partial charge in [-0.15, -0.1) is 0 Å². The van der Waals surface area contributed by atoms with Crippen molar-refractivity contribution in [2.45, 2.75) is 26.7 Å². The van der Waals surface area contributed by atoms with Gasteiger partial charge in [0, 0.05) is 13.7 Å². The summed E-state index contributed by atoms with van der Waals surface area (Å²) in [7, 11) is 1.68. The standard InChI is InChI=1S/C13H20O3.C2H6/c1-14-11-12-15-9-5-6-10-16-13-7-3-2-4-8-13;1-2/h2-4,7-8H,5-6,9-12H2,1H3;1-2H3. The van der Waals surface area contributed by atoms with Crippen LogP contribution in [0.2, 0.25) is 0 Å². The van der Waals surface area contributed by atoms with Gasteiger partial charge < -0.3 is 14.2 Å². The Morgan fingerprint density at radius 2 is 1.50 bits per heavy atom. The predicted octanol–water partition coefficient (Wildman–Crippen LogP) is 3.53. The molecule has 0 saturated heterocycles. The molecule has 0 atom stereocenters. The average molecular weight is 254 g/mol. The maximum Gasteiger partial charge on any atom is 0.119 e. The second-order valence-electron chi connectivity index (χ2n) is 3.47. The first-order valence-corrected chi connectivity index (χ1v) is 6.68. The monoisotopic (exact) mass is 254 g/mol. The fourth-order valence-corrected chi connectivity index (χ4v) is 1.26. The van der Waals surface area contributed by atoms with E-state index in [4.69, 9.17) is 14.2 Å². The van der Waals surface area contributed by atoms with Crippen molar-refractivity contribution < 1.29 is 14.2 Å². The van der Waals surface area contributed by atoms with Crippen molar-refractivity contribution in [2.24, 2.45) is 0 Å². The molecule has 0 saturated carbocycles. The minimum absolute atomic E-state index is 0.667. The van der Waals surface area contributed by atoms with E-state index in [2.05, 4.69) is 0 Å². The number of unbranched alkanes of at least 4 members (excludes halogenated alkanes) is 1.